The fourth-order valence-corrected chi connectivity index (χ4v) is 2.16. The van der Waals surface area contributed by atoms with Crippen molar-refractivity contribution in [1.29, 1.82) is 0 Å². The van der Waals surface area contributed by atoms with Crippen LogP contribution in [0.3, 0.4) is 0 Å². The Morgan fingerprint density at radius 1 is 1.05 bits per heavy atom. The van der Waals surface area contributed by atoms with Crippen molar-refractivity contribution in [3.63, 3.8) is 0 Å². The summed E-state index contributed by atoms with van der Waals surface area (Å²) < 4.78 is 32.0. The molecule has 2 aromatic heterocycles. The minimum atomic E-state index is -0.692. The van der Waals surface area contributed by atoms with Crippen molar-refractivity contribution in [2.75, 3.05) is 5.73 Å². The Kier molecular flexibility index (Phi) is 3.13. The molecule has 0 atom stereocenters. The summed E-state index contributed by atoms with van der Waals surface area (Å²) in [4.78, 5) is 4.09. The van der Waals surface area contributed by atoms with E-state index in [9.17, 15) is 8.78 Å². The standard InChI is InChI=1S/C15H11F2N3O/c1-8-4-9(2-3-19-8)14-13(15(18)20-21-14)10-5-11(16)7-12(17)6-10/h2-7H,1H3,(H2,18,20). The third-order valence-electron chi connectivity index (χ3n) is 3.03. The highest BCUT2D eigenvalue weighted by atomic mass is 19.1. The van der Waals surface area contributed by atoms with E-state index in [1.807, 2.05) is 6.92 Å². The monoisotopic (exact) mass is 287 g/mol. The molecule has 2 N–H and O–H groups in total. The van der Waals surface area contributed by atoms with Crippen LogP contribution in [0.1, 0.15) is 5.69 Å². The average molecular weight is 287 g/mol. The lowest BCUT2D eigenvalue weighted by atomic mass is 10.0. The van der Waals surface area contributed by atoms with E-state index >= 15 is 0 Å². The third kappa shape index (κ3) is 2.47. The normalized spacial score (nSPS) is 10.8. The number of anilines is 1. The fraction of sp³-hybridized carbons (Fsp3) is 0.0667. The Morgan fingerprint density at radius 3 is 2.43 bits per heavy atom. The van der Waals surface area contributed by atoms with Crippen molar-refractivity contribution in [2.24, 2.45) is 0 Å². The van der Waals surface area contributed by atoms with Crippen LogP contribution in [0.25, 0.3) is 22.5 Å². The van der Waals surface area contributed by atoms with Crippen molar-refractivity contribution in [1.82, 2.24) is 10.1 Å². The Bertz CT molecular complexity index is 794. The lowest BCUT2D eigenvalue weighted by Crippen LogP contribution is -1.91. The van der Waals surface area contributed by atoms with Gasteiger partial charge < -0.3 is 10.3 Å². The Labute approximate surface area is 119 Å². The number of nitrogens with zero attached hydrogens (tertiary/aromatic N) is 2. The molecular formula is C15H11F2N3O. The van der Waals surface area contributed by atoms with Gasteiger partial charge in [0.2, 0.25) is 0 Å². The molecule has 3 aromatic rings. The smallest absolute Gasteiger partial charge is 0.177 e. The van der Waals surface area contributed by atoms with E-state index in [0.29, 0.717) is 16.9 Å². The first kappa shape index (κ1) is 13.2. The van der Waals surface area contributed by atoms with Gasteiger partial charge in [-0.3, -0.25) is 4.98 Å². The van der Waals surface area contributed by atoms with Gasteiger partial charge in [0.1, 0.15) is 11.6 Å². The Balaban J connectivity index is 2.22. The zero-order valence-corrected chi connectivity index (χ0v) is 11.1. The number of hydrogen-bond donors (Lipinski definition) is 1. The topological polar surface area (TPSA) is 64.9 Å². The van der Waals surface area contributed by atoms with Gasteiger partial charge in [-0.15, -0.1) is 0 Å². The first-order valence-electron chi connectivity index (χ1n) is 6.19. The van der Waals surface area contributed by atoms with Gasteiger partial charge in [0.25, 0.3) is 0 Å². The van der Waals surface area contributed by atoms with Crippen LogP contribution in [0.4, 0.5) is 14.6 Å². The molecule has 0 radical (unpaired) electrons. The molecule has 106 valence electrons. The van der Waals surface area contributed by atoms with Gasteiger partial charge in [-0.1, -0.05) is 5.16 Å². The lowest BCUT2D eigenvalue weighted by molar-refractivity contribution is 0.436. The molecular weight excluding hydrogens is 276 g/mol. The summed E-state index contributed by atoms with van der Waals surface area (Å²) in [6.07, 6.45) is 1.61. The lowest BCUT2D eigenvalue weighted by Gasteiger charge is -2.04. The maximum atomic E-state index is 13.4. The van der Waals surface area contributed by atoms with Crippen LogP contribution in [0.2, 0.25) is 0 Å². The van der Waals surface area contributed by atoms with Gasteiger partial charge in [0.15, 0.2) is 11.6 Å². The minimum absolute atomic E-state index is 0.0736. The Morgan fingerprint density at radius 2 is 1.76 bits per heavy atom. The van der Waals surface area contributed by atoms with E-state index in [2.05, 4.69) is 10.1 Å². The predicted molar refractivity (Wildman–Crippen MR) is 74.2 cm³/mol. The minimum Gasteiger partial charge on any atom is -0.380 e. The van der Waals surface area contributed by atoms with Crippen LogP contribution >= 0.6 is 0 Å². The summed E-state index contributed by atoms with van der Waals surface area (Å²) in [5.74, 6) is -0.961. The summed E-state index contributed by atoms with van der Waals surface area (Å²) >= 11 is 0. The highest BCUT2D eigenvalue weighted by molar-refractivity contribution is 5.86. The second-order valence-electron chi connectivity index (χ2n) is 4.62. The van der Waals surface area contributed by atoms with E-state index in [4.69, 9.17) is 10.3 Å². The molecule has 0 bridgehead atoms. The van der Waals surface area contributed by atoms with Crippen molar-refractivity contribution >= 4 is 5.82 Å². The molecule has 1 aromatic carbocycles. The molecule has 0 spiro atoms. The number of nitrogens with two attached hydrogens (primary N) is 1. The van der Waals surface area contributed by atoms with Crippen LogP contribution in [-0.2, 0) is 0 Å². The first-order chi connectivity index (χ1) is 10.0. The second-order valence-corrected chi connectivity index (χ2v) is 4.62. The van der Waals surface area contributed by atoms with Crippen LogP contribution < -0.4 is 5.73 Å². The molecule has 21 heavy (non-hydrogen) atoms. The fourth-order valence-electron chi connectivity index (χ4n) is 2.16. The summed E-state index contributed by atoms with van der Waals surface area (Å²) in [5, 5.41) is 3.70. The maximum Gasteiger partial charge on any atom is 0.177 e. The molecule has 0 aliphatic heterocycles. The highest BCUT2D eigenvalue weighted by Gasteiger charge is 2.19. The molecule has 0 unspecified atom stereocenters. The molecule has 0 fully saturated rings. The van der Waals surface area contributed by atoms with Gasteiger partial charge in [-0.25, -0.2) is 8.78 Å². The molecule has 4 nitrogen and oxygen atoms in total. The SMILES string of the molecule is Cc1cc(-c2onc(N)c2-c2cc(F)cc(F)c2)ccn1. The van der Waals surface area contributed by atoms with Crippen LogP contribution in [0.5, 0.6) is 0 Å². The maximum absolute atomic E-state index is 13.4. The average Bonchev–Trinajstić information content (AvgIpc) is 2.79. The van der Waals surface area contributed by atoms with Crippen LogP contribution in [-0.4, -0.2) is 10.1 Å². The predicted octanol–water partition coefficient (Wildman–Crippen LogP) is 3.57. The number of benzene rings is 1. The largest absolute Gasteiger partial charge is 0.380 e. The highest BCUT2D eigenvalue weighted by Crippen LogP contribution is 2.37. The molecule has 2 heterocycles. The van der Waals surface area contributed by atoms with Crippen molar-refractivity contribution in [2.45, 2.75) is 6.92 Å². The molecule has 0 saturated heterocycles. The Hall–Kier alpha value is -2.76. The third-order valence-corrected chi connectivity index (χ3v) is 3.03. The number of rotatable bonds is 2. The number of nitrogen functional groups attached to an aromatic ring is 1. The number of aromatic nitrogens is 2. The first-order valence-corrected chi connectivity index (χ1v) is 6.19. The molecule has 0 aliphatic rings. The van der Waals surface area contributed by atoms with Crippen LogP contribution in [0.15, 0.2) is 41.1 Å². The zero-order chi connectivity index (χ0) is 15.0. The van der Waals surface area contributed by atoms with Gasteiger partial charge in [0, 0.05) is 23.5 Å². The van der Waals surface area contributed by atoms with Crippen molar-refractivity contribution in [3.05, 3.63) is 53.9 Å². The van der Waals surface area contributed by atoms with Gasteiger partial charge in [0.05, 0.1) is 5.56 Å². The molecule has 0 aliphatic carbocycles. The summed E-state index contributed by atoms with van der Waals surface area (Å²) in [6, 6.07) is 6.65. The van der Waals surface area contributed by atoms with E-state index in [-0.39, 0.29) is 11.4 Å². The molecule has 0 saturated carbocycles. The number of halogens is 2. The zero-order valence-electron chi connectivity index (χ0n) is 11.1. The van der Waals surface area contributed by atoms with E-state index in [1.54, 1.807) is 18.3 Å². The van der Waals surface area contributed by atoms with Crippen LogP contribution in [0, 0.1) is 18.6 Å². The quantitative estimate of drug-likeness (QED) is 0.782. The van der Waals surface area contributed by atoms with Crippen molar-refractivity contribution in [3.8, 4) is 22.5 Å². The van der Waals surface area contributed by atoms with Gasteiger partial charge >= 0.3 is 0 Å². The second kappa shape index (κ2) is 4.97. The van der Waals surface area contributed by atoms with E-state index in [1.165, 1.54) is 12.1 Å². The molecule has 6 heteroatoms. The summed E-state index contributed by atoms with van der Waals surface area (Å²) in [6.45, 7) is 1.82. The summed E-state index contributed by atoms with van der Waals surface area (Å²) in [5.41, 5.74) is 7.88. The van der Waals surface area contributed by atoms with Gasteiger partial charge in [-0.05, 0) is 36.8 Å². The number of aryl methyl sites for hydroxylation is 1. The van der Waals surface area contributed by atoms with E-state index < -0.39 is 11.6 Å². The van der Waals surface area contributed by atoms with E-state index in [0.717, 1.165) is 11.8 Å². The molecule has 3 rings (SSSR count). The summed E-state index contributed by atoms with van der Waals surface area (Å²) in [7, 11) is 0. The molecule has 0 amide bonds. The van der Waals surface area contributed by atoms with Gasteiger partial charge in [-0.2, -0.15) is 0 Å². The number of pyridine rings is 1. The number of hydrogen-bond acceptors (Lipinski definition) is 4. The van der Waals surface area contributed by atoms with Crippen molar-refractivity contribution < 1.29 is 13.3 Å².